The molecule has 0 aliphatic rings. The summed E-state index contributed by atoms with van der Waals surface area (Å²) in [6, 6.07) is 14.6. The maximum Gasteiger partial charge on any atom is 0.176 e. The molecule has 0 atom stereocenters. The average molecular weight is 378 g/mol. The van der Waals surface area contributed by atoms with Crippen LogP contribution in [0.3, 0.4) is 0 Å². The minimum atomic E-state index is 0. The summed E-state index contributed by atoms with van der Waals surface area (Å²) >= 11 is 0. The Labute approximate surface area is 162 Å². The first-order valence-corrected chi connectivity index (χ1v) is 8.89. The maximum atomic E-state index is 12.6. The van der Waals surface area contributed by atoms with Gasteiger partial charge in [-0.25, -0.2) is 0 Å². The Morgan fingerprint density at radius 3 is 2.31 bits per heavy atom. The number of ketones is 1. The van der Waals surface area contributed by atoms with Gasteiger partial charge in [0.2, 0.25) is 0 Å². The number of rotatable bonds is 10. The first kappa shape index (κ1) is 22.0. The summed E-state index contributed by atoms with van der Waals surface area (Å²) in [5.41, 5.74) is 1.58. The fourth-order valence-electron chi connectivity index (χ4n) is 2.74. The first-order valence-electron chi connectivity index (χ1n) is 8.89. The maximum absolute atomic E-state index is 12.6. The normalized spacial score (nSPS) is 10.4. The molecule has 0 saturated heterocycles. The molecular formula is C21H28ClNO3. The first-order chi connectivity index (χ1) is 12.1. The smallest absolute Gasteiger partial charge is 0.176 e. The summed E-state index contributed by atoms with van der Waals surface area (Å²) in [6.07, 6.45) is 2.04. The Bertz CT molecular complexity index is 670. The molecule has 142 valence electrons. The van der Waals surface area contributed by atoms with Crippen molar-refractivity contribution in [2.75, 3.05) is 19.6 Å². The highest BCUT2D eigenvalue weighted by Gasteiger charge is 2.14. The van der Waals surface area contributed by atoms with Crippen LogP contribution < -0.4 is 4.74 Å². The number of benzene rings is 2. The lowest BCUT2D eigenvalue weighted by Gasteiger charge is -2.20. The van der Waals surface area contributed by atoms with Crippen molar-refractivity contribution >= 4 is 18.2 Å². The van der Waals surface area contributed by atoms with E-state index in [1.54, 1.807) is 12.1 Å². The van der Waals surface area contributed by atoms with Gasteiger partial charge in [0.15, 0.2) is 17.3 Å². The summed E-state index contributed by atoms with van der Waals surface area (Å²) in [5.74, 6) is 0.435. The van der Waals surface area contributed by atoms with Crippen LogP contribution in [-0.4, -0.2) is 35.4 Å². The van der Waals surface area contributed by atoms with Gasteiger partial charge in [0.25, 0.3) is 0 Å². The van der Waals surface area contributed by atoms with Gasteiger partial charge in [0.05, 0.1) is 6.54 Å². The lowest BCUT2D eigenvalue weighted by Crippen LogP contribution is -2.31. The van der Waals surface area contributed by atoms with Crippen molar-refractivity contribution in [1.29, 1.82) is 0 Å². The summed E-state index contributed by atoms with van der Waals surface area (Å²) in [5, 5.41) is 10.00. The number of Topliss-reactive ketones (excluding diaryl/α,β-unsaturated/α-hetero) is 1. The second-order valence-corrected chi connectivity index (χ2v) is 6.16. The predicted octanol–water partition coefficient (Wildman–Crippen LogP) is 4.70. The molecule has 0 aliphatic carbocycles. The molecule has 0 bridgehead atoms. The minimum absolute atomic E-state index is 0. The molecule has 2 aromatic rings. The number of hydrogen-bond acceptors (Lipinski definition) is 4. The number of aromatic hydroxyl groups is 1. The summed E-state index contributed by atoms with van der Waals surface area (Å²) in [6.45, 7) is 6.80. The van der Waals surface area contributed by atoms with E-state index in [9.17, 15) is 9.90 Å². The van der Waals surface area contributed by atoms with E-state index in [0.717, 1.165) is 31.5 Å². The quantitative estimate of drug-likeness (QED) is 0.610. The zero-order valence-corrected chi connectivity index (χ0v) is 16.3. The highest BCUT2D eigenvalue weighted by Crippen LogP contribution is 2.28. The summed E-state index contributed by atoms with van der Waals surface area (Å²) in [4.78, 5) is 14.7. The minimum Gasteiger partial charge on any atom is -0.504 e. The third-order valence-electron chi connectivity index (χ3n) is 3.97. The SMILES string of the molecule is CCCN(CCC)CC(=O)c1ccc(O)c(OCc2ccccc2)c1.Cl. The van der Waals surface area contributed by atoms with Crippen LogP contribution in [0, 0.1) is 0 Å². The second kappa shape index (κ2) is 11.6. The van der Waals surface area contributed by atoms with Crippen LogP contribution >= 0.6 is 12.4 Å². The molecule has 4 nitrogen and oxygen atoms in total. The fraction of sp³-hybridized carbons (Fsp3) is 0.381. The molecule has 0 fully saturated rings. The molecule has 26 heavy (non-hydrogen) atoms. The van der Waals surface area contributed by atoms with E-state index in [1.807, 2.05) is 30.3 Å². The van der Waals surface area contributed by atoms with Crippen LogP contribution in [0.1, 0.15) is 42.6 Å². The Morgan fingerprint density at radius 2 is 1.69 bits per heavy atom. The number of carbonyl (C=O) groups excluding carboxylic acids is 1. The van der Waals surface area contributed by atoms with Crippen LogP contribution in [0.2, 0.25) is 0 Å². The molecule has 5 heteroatoms. The van der Waals surface area contributed by atoms with E-state index in [4.69, 9.17) is 4.74 Å². The van der Waals surface area contributed by atoms with Crippen LogP contribution in [0.25, 0.3) is 0 Å². The van der Waals surface area contributed by atoms with Gasteiger partial charge in [-0.1, -0.05) is 44.2 Å². The van der Waals surface area contributed by atoms with E-state index in [0.29, 0.717) is 24.5 Å². The molecule has 0 aliphatic heterocycles. The molecule has 1 N–H and O–H groups in total. The molecule has 0 spiro atoms. The predicted molar refractivity (Wildman–Crippen MR) is 107 cm³/mol. The second-order valence-electron chi connectivity index (χ2n) is 6.16. The number of phenolic OH excluding ortho intramolecular Hbond substituents is 1. The van der Waals surface area contributed by atoms with Crippen LogP contribution in [0.4, 0.5) is 0 Å². The summed E-state index contributed by atoms with van der Waals surface area (Å²) < 4.78 is 5.70. The van der Waals surface area contributed by atoms with Gasteiger partial charge in [-0.3, -0.25) is 9.69 Å². The topological polar surface area (TPSA) is 49.8 Å². The van der Waals surface area contributed by atoms with E-state index in [-0.39, 0.29) is 23.9 Å². The molecule has 0 heterocycles. The Hall–Kier alpha value is -2.04. The molecule has 0 saturated carbocycles. The van der Waals surface area contributed by atoms with Gasteiger partial charge in [-0.2, -0.15) is 0 Å². The highest BCUT2D eigenvalue weighted by molar-refractivity contribution is 5.98. The van der Waals surface area contributed by atoms with Gasteiger partial charge in [0.1, 0.15) is 6.61 Å². The van der Waals surface area contributed by atoms with Crippen molar-refractivity contribution < 1.29 is 14.6 Å². The number of hydrogen-bond donors (Lipinski definition) is 1. The summed E-state index contributed by atoms with van der Waals surface area (Å²) in [7, 11) is 0. The zero-order valence-electron chi connectivity index (χ0n) is 15.5. The van der Waals surface area contributed by atoms with E-state index in [2.05, 4.69) is 18.7 Å². The van der Waals surface area contributed by atoms with Crippen molar-refractivity contribution in [3.63, 3.8) is 0 Å². The van der Waals surface area contributed by atoms with E-state index < -0.39 is 0 Å². The Morgan fingerprint density at radius 1 is 1.04 bits per heavy atom. The van der Waals surface area contributed by atoms with Gasteiger partial charge in [-0.15, -0.1) is 12.4 Å². The third-order valence-corrected chi connectivity index (χ3v) is 3.97. The molecule has 2 rings (SSSR count). The number of halogens is 1. The lowest BCUT2D eigenvalue weighted by atomic mass is 10.1. The van der Waals surface area contributed by atoms with Gasteiger partial charge in [-0.05, 0) is 49.7 Å². The van der Waals surface area contributed by atoms with Crippen LogP contribution in [0.15, 0.2) is 48.5 Å². The number of ether oxygens (including phenoxy) is 1. The molecule has 2 aromatic carbocycles. The van der Waals surface area contributed by atoms with Gasteiger partial charge in [0, 0.05) is 5.56 Å². The van der Waals surface area contributed by atoms with Crippen molar-refractivity contribution in [3.05, 3.63) is 59.7 Å². The largest absolute Gasteiger partial charge is 0.504 e. The van der Waals surface area contributed by atoms with E-state index in [1.165, 1.54) is 6.07 Å². The highest BCUT2D eigenvalue weighted by atomic mass is 35.5. The van der Waals surface area contributed by atoms with Crippen LogP contribution in [-0.2, 0) is 6.61 Å². The standard InChI is InChI=1S/C21H27NO3.ClH/c1-3-12-22(13-4-2)15-20(24)18-10-11-19(23)21(14-18)25-16-17-8-6-5-7-9-17;/h5-11,14,23H,3-4,12-13,15-16H2,1-2H3;1H. The molecule has 0 unspecified atom stereocenters. The van der Waals surface area contributed by atoms with Gasteiger partial charge >= 0.3 is 0 Å². The van der Waals surface area contributed by atoms with E-state index >= 15 is 0 Å². The third kappa shape index (κ3) is 6.70. The molecule has 0 amide bonds. The fourth-order valence-corrected chi connectivity index (χ4v) is 2.74. The number of phenols is 1. The molecule has 0 radical (unpaired) electrons. The molecular weight excluding hydrogens is 350 g/mol. The van der Waals surface area contributed by atoms with Crippen molar-refractivity contribution in [1.82, 2.24) is 4.90 Å². The number of carbonyl (C=O) groups is 1. The Kier molecular flexibility index (Phi) is 9.78. The average Bonchev–Trinajstić information content (AvgIpc) is 2.62. The Balaban J connectivity index is 0.00000338. The zero-order chi connectivity index (χ0) is 18.1. The van der Waals surface area contributed by atoms with Crippen molar-refractivity contribution in [2.45, 2.75) is 33.3 Å². The lowest BCUT2D eigenvalue weighted by molar-refractivity contribution is 0.0930. The monoisotopic (exact) mass is 377 g/mol. The molecule has 0 aromatic heterocycles. The van der Waals surface area contributed by atoms with Crippen molar-refractivity contribution in [3.8, 4) is 11.5 Å². The number of nitrogens with zero attached hydrogens (tertiary/aromatic N) is 1. The van der Waals surface area contributed by atoms with Crippen LogP contribution in [0.5, 0.6) is 11.5 Å². The van der Waals surface area contributed by atoms with Crippen molar-refractivity contribution in [2.24, 2.45) is 0 Å². The van der Waals surface area contributed by atoms with Gasteiger partial charge < -0.3 is 9.84 Å².